The molecule has 4 heterocycles. The van der Waals surface area contributed by atoms with Gasteiger partial charge in [0.15, 0.2) is 34.8 Å². The number of nitrogens with zero attached hydrogens (tertiary/aromatic N) is 4. The molecule has 120 heavy (non-hydrogen) atoms. The molecule has 0 unspecified atom stereocenters. The van der Waals surface area contributed by atoms with Gasteiger partial charge in [-0.3, -0.25) is 9.59 Å². The molecular formula is C102H96F4N4O6S4. The number of thiophene rings is 4. The quantitative estimate of drug-likeness (QED) is 0.0156. The molecule has 4 aromatic heterocycles. The number of halogens is 4. The van der Waals surface area contributed by atoms with Crippen molar-refractivity contribution in [3.05, 3.63) is 280 Å². The van der Waals surface area contributed by atoms with Crippen molar-refractivity contribution in [3.63, 3.8) is 0 Å². The SMILES string of the molecule is CCCCCCCCOc1ccc(C2(c3ccc(OCCCCCCCC)cc3)c3cc(/C=C/C=C4\C(=O)c5cc(F)c(F)cc5C4=C(C#N)C#N)sc3-c3sc4c5c(sc4c32)-c2sc(/C=C/C=C3\C(=O)c4cc(F)c(F)cc4C3=C(C#N)C#N)cc2C5(c2ccc(OCCCCCCCC)cc2)c2ccc(OCCCCCCCC)cc2)cc1. The van der Waals surface area contributed by atoms with Gasteiger partial charge in [-0.25, -0.2) is 17.6 Å². The second kappa shape index (κ2) is 39.5. The van der Waals surface area contributed by atoms with Crippen LogP contribution < -0.4 is 18.9 Å². The summed E-state index contributed by atoms with van der Waals surface area (Å²) in [6.07, 6.45) is 37.0. The number of allylic oxidation sites excluding steroid dienone is 10. The Kier molecular flexibility index (Phi) is 28.1. The van der Waals surface area contributed by atoms with Gasteiger partial charge in [-0.15, -0.1) is 45.3 Å². The van der Waals surface area contributed by atoms with E-state index < -0.39 is 56.8 Å². The summed E-state index contributed by atoms with van der Waals surface area (Å²) in [5, 5.41) is 41.0. The van der Waals surface area contributed by atoms with E-state index >= 15 is 8.78 Å². The maximum atomic E-state index is 15.1. The van der Waals surface area contributed by atoms with Crippen LogP contribution in [0.4, 0.5) is 17.6 Å². The maximum Gasteiger partial charge on any atom is 0.194 e. The minimum Gasteiger partial charge on any atom is -0.494 e. The van der Waals surface area contributed by atoms with Gasteiger partial charge in [0, 0.05) is 54.3 Å². The molecular weight excluding hydrogens is 1580 g/mol. The Morgan fingerprint density at radius 3 is 0.892 bits per heavy atom. The molecule has 4 aliphatic carbocycles. The second-order valence-electron chi connectivity index (χ2n) is 31.2. The first kappa shape index (κ1) is 85.5. The molecule has 10 aromatic rings. The lowest BCUT2D eigenvalue weighted by molar-refractivity contribution is 0.103. The first-order valence-corrected chi connectivity index (χ1v) is 45.7. The van der Waals surface area contributed by atoms with Crippen LogP contribution in [0, 0.1) is 68.6 Å². The molecule has 0 saturated carbocycles. The van der Waals surface area contributed by atoms with Crippen molar-refractivity contribution >= 4 is 89.6 Å². The molecule has 0 amide bonds. The van der Waals surface area contributed by atoms with Gasteiger partial charge < -0.3 is 18.9 Å². The van der Waals surface area contributed by atoms with Gasteiger partial charge in [0.25, 0.3) is 0 Å². The third kappa shape index (κ3) is 17.1. The number of Topliss-reactive ketones (excluding diaryl/α,β-unsaturated/α-hetero) is 2. The number of ether oxygens (including phenoxy) is 4. The predicted octanol–water partition coefficient (Wildman–Crippen LogP) is 28.6. The normalized spacial score (nSPS) is 14.5. The van der Waals surface area contributed by atoms with Gasteiger partial charge in [0.05, 0.1) is 66.2 Å². The molecule has 0 radical (unpaired) electrons. The predicted molar refractivity (Wildman–Crippen MR) is 477 cm³/mol. The average Bonchev–Trinajstić information content (AvgIpc) is 1.48. The molecule has 6 aromatic carbocycles. The highest BCUT2D eigenvalue weighted by Crippen LogP contribution is 2.70. The molecule has 10 nitrogen and oxygen atoms in total. The third-order valence-electron chi connectivity index (χ3n) is 23.4. The van der Waals surface area contributed by atoms with Crippen molar-refractivity contribution in [1.82, 2.24) is 0 Å². The largest absolute Gasteiger partial charge is 0.494 e. The lowest BCUT2D eigenvalue weighted by Gasteiger charge is -2.34. The fraction of sp³-hybridized carbons (Fsp3) is 0.333. The first-order valence-electron chi connectivity index (χ1n) is 42.5. The number of carbonyl (C=O) groups excluding carboxylic acids is 2. The highest BCUT2D eigenvalue weighted by atomic mass is 32.1. The summed E-state index contributed by atoms with van der Waals surface area (Å²) in [5.41, 5.74) is 4.69. The van der Waals surface area contributed by atoms with Crippen LogP contribution >= 0.6 is 45.3 Å². The van der Waals surface area contributed by atoms with E-state index in [1.54, 1.807) is 57.5 Å². The molecule has 14 rings (SSSR count). The molecule has 0 bridgehead atoms. The third-order valence-corrected chi connectivity index (χ3v) is 28.5. The number of ketones is 2. The van der Waals surface area contributed by atoms with Gasteiger partial charge in [0.1, 0.15) is 58.4 Å². The number of nitriles is 4. The molecule has 0 fully saturated rings. The van der Waals surface area contributed by atoms with E-state index in [0.717, 1.165) is 207 Å². The van der Waals surface area contributed by atoms with Crippen LogP contribution in [0.15, 0.2) is 180 Å². The molecule has 0 atom stereocenters. The number of hydrogen-bond acceptors (Lipinski definition) is 14. The molecule has 612 valence electrons. The zero-order chi connectivity index (χ0) is 83.9. The Bertz CT molecular complexity index is 5330. The monoisotopic (exact) mass is 1680 g/mol. The number of benzene rings is 6. The Morgan fingerprint density at radius 1 is 0.350 bits per heavy atom. The molecule has 0 aliphatic heterocycles. The van der Waals surface area contributed by atoms with E-state index in [-0.39, 0.29) is 44.5 Å². The molecule has 0 saturated heterocycles. The summed E-state index contributed by atoms with van der Waals surface area (Å²) < 4.78 is 88.5. The van der Waals surface area contributed by atoms with Crippen molar-refractivity contribution < 1.29 is 46.1 Å². The summed E-state index contributed by atoms with van der Waals surface area (Å²) in [6.45, 7) is 11.2. The van der Waals surface area contributed by atoms with E-state index in [1.807, 2.05) is 36.4 Å². The maximum absolute atomic E-state index is 15.1. The van der Waals surface area contributed by atoms with Crippen molar-refractivity contribution in [2.45, 2.75) is 193 Å². The van der Waals surface area contributed by atoms with Crippen LogP contribution in [0.25, 0.3) is 52.2 Å². The van der Waals surface area contributed by atoms with E-state index in [1.165, 1.54) is 89.2 Å². The van der Waals surface area contributed by atoms with Crippen LogP contribution in [0.3, 0.4) is 0 Å². The highest BCUT2D eigenvalue weighted by molar-refractivity contribution is 7.34. The Labute approximate surface area is 717 Å². The first-order chi connectivity index (χ1) is 58.7. The zero-order valence-electron chi connectivity index (χ0n) is 68.3. The van der Waals surface area contributed by atoms with Crippen LogP contribution in [-0.4, -0.2) is 38.0 Å². The van der Waals surface area contributed by atoms with Gasteiger partial charge in [0.2, 0.25) is 0 Å². The summed E-state index contributed by atoms with van der Waals surface area (Å²) >= 11 is 6.71. The Balaban J connectivity index is 0.982. The number of rotatable bonds is 40. The highest BCUT2D eigenvalue weighted by Gasteiger charge is 2.55. The minimum atomic E-state index is -1.22. The summed E-state index contributed by atoms with van der Waals surface area (Å²) in [5.74, 6) is -3.18. The fourth-order valence-corrected chi connectivity index (χ4v) is 23.1. The van der Waals surface area contributed by atoms with Gasteiger partial charge >= 0.3 is 0 Å². The average molecular weight is 1680 g/mol. The summed E-state index contributed by atoms with van der Waals surface area (Å²) in [4.78, 5) is 34.4. The molecule has 0 N–H and O–H groups in total. The van der Waals surface area contributed by atoms with Crippen molar-refractivity contribution in [2.24, 2.45) is 0 Å². The van der Waals surface area contributed by atoms with E-state index in [9.17, 15) is 39.4 Å². The van der Waals surface area contributed by atoms with E-state index in [0.29, 0.717) is 26.4 Å². The van der Waals surface area contributed by atoms with E-state index in [2.05, 4.69) is 137 Å². The van der Waals surface area contributed by atoms with Crippen molar-refractivity contribution in [1.29, 1.82) is 21.0 Å². The number of hydrogen-bond donors (Lipinski definition) is 0. The molecule has 0 spiro atoms. The standard InChI is InChI=1S/C102H96F4N4O6S4/c1-5-9-13-17-21-25-51-113-71-43-35-67(36-44-71)101(68-37-45-72(46-38-68)114-52-26-22-18-14-10-6-2)83-55-75(31-29-33-77-89(65(61-107)62-108)79-57-85(103)87(105)59-81(79)93(77)111)117-95(83)97-91(101)99-100(119-97)92-98(120-99)96-84(56-76(118-96)32-30-34-78-90(66(63-109)64-110)80-58-86(104)88(106)60-82(80)94(78)112)102(92,69-39-47-73(48-40-69)115-53-27-23-19-15-11-7-3)70-41-49-74(50-42-70)116-54-28-24-20-16-12-8-4/h29-50,55-60H,5-28,51-54H2,1-4H3/b31-29+,32-30+,77-33-,78-34-. The zero-order valence-corrected chi connectivity index (χ0v) is 71.6. The summed E-state index contributed by atoms with van der Waals surface area (Å²) in [6, 6.07) is 49.5. The smallest absolute Gasteiger partial charge is 0.194 e. The molecule has 4 aliphatic rings. The van der Waals surface area contributed by atoms with Crippen LogP contribution in [-0.2, 0) is 10.8 Å². The summed E-state index contributed by atoms with van der Waals surface area (Å²) in [7, 11) is 0. The van der Waals surface area contributed by atoms with E-state index in [4.69, 9.17) is 18.9 Å². The number of carbonyl (C=O) groups is 2. The number of unbranched alkanes of at least 4 members (excludes halogenated alkanes) is 20. The second-order valence-corrected chi connectivity index (χ2v) is 35.4. The Hall–Kier alpha value is -11.0. The van der Waals surface area contributed by atoms with Gasteiger partial charge in [-0.05, 0) is 167 Å². The molecule has 18 heteroatoms. The minimum absolute atomic E-state index is 0.0302. The lowest BCUT2D eigenvalue weighted by Crippen LogP contribution is -2.28. The number of fused-ring (bicyclic) bond motifs is 11. The Morgan fingerprint density at radius 2 is 0.617 bits per heavy atom. The topological polar surface area (TPSA) is 166 Å². The van der Waals surface area contributed by atoms with Crippen molar-refractivity contribution in [2.75, 3.05) is 26.4 Å². The van der Waals surface area contributed by atoms with Crippen LogP contribution in [0.5, 0.6) is 23.0 Å². The lowest BCUT2D eigenvalue weighted by atomic mass is 9.67. The van der Waals surface area contributed by atoms with Crippen LogP contribution in [0.1, 0.15) is 268 Å². The van der Waals surface area contributed by atoms with Crippen molar-refractivity contribution in [3.8, 4) is 66.8 Å². The fourth-order valence-electron chi connectivity index (χ4n) is 17.4. The van der Waals surface area contributed by atoms with Crippen LogP contribution in [0.2, 0.25) is 0 Å². The van der Waals surface area contributed by atoms with Gasteiger partial charge in [-0.2, -0.15) is 21.0 Å². The van der Waals surface area contributed by atoms with Gasteiger partial charge in [-0.1, -0.05) is 229 Å².